The van der Waals surface area contributed by atoms with Crippen molar-refractivity contribution in [2.45, 2.75) is 71.6 Å². The van der Waals surface area contributed by atoms with E-state index >= 15 is 0 Å². The Morgan fingerprint density at radius 3 is 2.41 bits per heavy atom. The largest absolute Gasteiger partial charge is 0.456 e. The van der Waals surface area contributed by atoms with Gasteiger partial charge in [-0.3, -0.25) is 9.59 Å². The average molecular weight is 413 g/mol. The highest BCUT2D eigenvalue weighted by Gasteiger charge is 2.20. The SMILES string of the molecule is [2H]C([2H])([2H])N(CC(=O)OCC1=C(C)OC(=C)O1)C(N)=NC(=O)CCCCCCCCCC. The quantitative estimate of drug-likeness (QED) is 0.213. The molecule has 0 bridgehead atoms. The number of allylic oxidation sites excluding steroid dienone is 1. The summed E-state index contributed by atoms with van der Waals surface area (Å²) < 4.78 is 38.0. The van der Waals surface area contributed by atoms with Crippen LogP contribution in [0.3, 0.4) is 0 Å². The summed E-state index contributed by atoms with van der Waals surface area (Å²) >= 11 is 0. The van der Waals surface area contributed by atoms with Gasteiger partial charge < -0.3 is 24.8 Å². The van der Waals surface area contributed by atoms with Gasteiger partial charge in [-0.1, -0.05) is 51.9 Å². The van der Waals surface area contributed by atoms with Crippen LogP contribution < -0.4 is 5.73 Å². The second-order valence-electron chi connectivity index (χ2n) is 6.89. The number of rotatable bonds is 13. The van der Waals surface area contributed by atoms with Gasteiger partial charge in [0.1, 0.15) is 12.3 Å². The minimum Gasteiger partial charge on any atom is -0.456 e. The monoisotopic (exact) mass is 412 g/mol. The number of nitrogens with zero attached hydrogens (tertiary/aromatic N) is 2. The molecule has 0 spiro atoms. The van der Waals surface area contributed by atoms with Crippen LogP contribution in [0.4, 0.5) is 0 Å². The van der Waals surface area contributed by atoms with Crippen molar-refractivity contribution in [1.29, 1.82) is 0 Å². The fourth-order valence-electron chi connectivity index (χ4n) is 2.64. The number of ether oxygens (including phenoxy) is 3. The molecule has 0 saturated carbocycles. The summed E-state index contributed by atoms with van der Waals surface area (Å²) in [6.07, 6.45) is 8.78. The van der Waals surface area contributed by atoms with Crippen molar-refractivity contribution in [1.82, 2.24) is 4.90 Å². The van der Waals surface area contributed by atoms with E-state index in [1.165, 1.54) is 25.7 Å². The summed E-state index contributed by atoms with van der Waals surface area (Å²) in [4.78, 5) is 28.4. The predicted molar refractivity (Wildman–Crippen MR) is 111 cm³/mol. The number of hydrogen-bond donors (Lipinski definition) is 1. The van der Waals surface area contributed by atoms with Gasteiger partial charge in [-0.25, -0.2) is 0 Å². The minimum atomic E-state index is -2.78. The van der Waals surface area contributed by atoms with Crippen LogP contribution in [-0.2, 0) is 23.8 Å². The molecule has 1 aliphatic heterocycles. The third kappa shape index (κ3) is 10.6. The van der Waals surface area contributed by atoms with E-state index in [2.05, 4.69) is 18.5 Å². The predicted octanol–water partition coefficient (Wildman–Crippen LogP) is 3.58. The van der Waals surface area contributed by atoms with Gasteiger partial charge in [-0.15, -0.1) is 0 Å². The summed E-state index contributed by atoms with van der Waals surface area (Å²) in [5.41, 5.74) is 5.73. The second kappa shape index (κ2) is 13.6. The summed E-state index contributed by atoms with van der Waals surface area (Å²) in [6, 6.07) is 0. The number of carbonyl (C=O) groups excluding carboxylic acids is 2. The molecule has 164 valence electrons. The average Bonchev–Trinajstić information content (AvgIpc) is 3.02. The Labute approximate surface area is 178 Å². The van der Waals surface area contributed by atoms with Crippen molar-refractivity contribution >= 4 is 17.8 Å². The number of esters is 1. The van der Waals surface area contributed by atoms with Gasteiger partial charge in [-0.2, -0.15) is 4.99 Å². The number of unbranched alkanes of at least 4 members (excludes halogenated alkanes) is 7. The first-order valence-corrected chi connectivity index (χ1v) is 10.1. The first-order valence-electron chi connectivity index (χ1n) is 11.6. The van der Waals surface area contributed by atoms with E-state index in [0.29, 0.717) is 17.1 Å². The minimum absolute atomic E-state index is 0.0593. The number of aliphatic imine (C=N–C) groups is 1. The third-order valence-corrected chi connectivity index (χ3v) is 4.31. The topological polar surface area (TPSA) is 103 Å². The highest BCUT2D eigenvalue weighted by molar-refractivity contribution is 5.93. The van der Waals surface area contributed by atoms with Gasteiger partial charge in [0.25, 0.3) is 5.95 Å². The maximum absolute atomic E-state index is 12.1. The molecule has 0 aliphatic carbocycles. The summed E-state index contributed by atoms with van der Waals surface area (Å²) in [7, 11) is 0. The van der Waals surface area contributed by atoms with Crippen molar-refractivity contribution in [2.24, 2.45) is 10.7 Å². The molecule has 0 aromatic carbocycles. The van der Waals surface area contributed by atoms with Crippen molar-refractivity contribution in [2.75, 3.05) is 20.1 Å². The fraction of sp³-hybridized carbons (Fsp3) is 0.667. The van der Waals surface area contributed by atoms with Crippen LogP contribution in [0.1, 0.15) is 75.7 Å². The fourth-order valence-corrected chi connectivity index (χ4v) is 2.64. The molecule has 0 aromatic rings. The lowest BCUT2D eigenvalue weighted by molar-refractivity contribution is -0.143. The second-order valence-corrected chi connectivity index (χ2v) is 6.89. The van der Waals surface area contributed by atoms with E-state index < -0.39 is 31.4 Å². The Balaban J connectivity index is 2.49. The molecule has 1 heterocycles. The Morgan fingerprint density at radius 2 is 1.83 bits per heavy atom. The van der Waals surface area contributed by atoms with E-state index in [4.69, 9.17) is 24.1 Å². The molecule has 0 atom stereocenters. The van der Waals surface area contributed by atoms with Gasteiger partial charge >= 0.3 is 5.97 Å². The maximum atomic E-state index is 12.1. The number of nitrogens with two attached hydrogens (primary N) is 1. The van der Waals surface area contributed by atoms with Gasteiger partial charge in [-0.05, 0) is 19.9 Å². The molecule has 2 N–H and O–H groups in total. The van der Waals surface area contributed by atoms with Gasteiger partial charge in [0.2, 0.25) is 5.91 Å². The number of likely N-dealkylation sites (N-methyl/N-ethyl adjacent to an activating group) is 1. The molecule has 1 amide bonds. The first-order chi connectivity index (χ1) is 15.0. The van der Waals surface area contributed by atoms with E-state index in [1.807, 2.05) is 0 Å². The highest BCUT2D eigenvalue weighted by atomic mass is 16.7. The zero-order chi connectivity index (χ0) is 24.1. The summed E-state index contributed by atoms with van der Waals surface area (Å²) in [5, 5.41) is 0. The zero-order valence-electron chi connectivity index (χ0n) is 20.5. The lowest BCUT2D eigenvalue weighted by atomic mass is 10.1. The van der Waals surface area contributed by atoms with Crippen LogP contribution in [0.2, 0.25) is 0 Å². The Kier molecular flexibility index (Phi) is 9.30. The molecular formula is C21H35N3O5. The summed E-state index contributed by atoms with van der Waals surface area (Å²) in [6.45, 7) is 3.53. The Hall–Kier alpha value is -2.51. The molecule has 8 nitrogen and oxygen atoms in total. The first kappa shape index (κ1) is 19.8. The lowest BCUT2D eigenvalue weighted by Gasteiger charge is -2.16. The lowest BCUT2D eigenvalue weighted by Crippen LogP contribution is -2.39. The van der Waals surface area contributed by atoms with Crippen LogP contribution in [0.25, 0.3) is 0 Å². The summed E-state index contributed by atoms with van der Waals surface area (Å²) in [5.74, 6) is -1.24. The molecule has 8 heteroatoms. The van der Waals surface area contributed by atoms with Crippen LogP contribution in [0, 0.1) is 0 Å². The smallest absolute Gasteiger partial charge is 0.326 e. The molecular weight excluding hydrogens is 374 g/mol. The third-order valence-electron chi connectivity index (χ3n) is 4.31. The molecule has 0 fully saturated rings. The van der Waals surface area contributed by atoms with E-state index in [1.54, 1.807) is 6.92 Å². The van der Waals surface area contributed by atoms with E-state index in [9.17, 15) is 9.59 Å². The van der Waals surface area contributed by atoms with Crippen LogP contribution in [-0.4, -0.2) is 42.9 Å². The van der Waals surface area contributed by atoms with Gasteiger partial charge in [0.05, 0.1) is 0 Å². The van der Waals surface area contributed by atoms with Crippen molar-refractivity contribution < 1.29 is 27.9 Å². The van der Waals surface area contributed by atoms with E-state index in [0.717, 1.165) is 19.3 Å². The Bertz CT molecular complexity index is 720. The molecule has 29 heavy (non-hydrogen) atoms. The van der Waals surface area contributed by atoms with Crippen molar-refractivity contribution in [3.63, 3.8) is 0 Å². The molecule has 0 aromatic heterocycles. The maximum Gasteiger partial charge on any atom is 0.326 e. The van der Waals surface area contributed by atoms with Crippen molar-refractivity contribution in [3.8, 4) is 0 Å². The molecule has 0 radical (unpaired) electrons. The standard InChI is InChI=1S/C21H35N3O5/c1-5-6-7-8-9-10-11-12-13-19(25)23-21(22)24(4)14-20(26)27-15-18-16(2)28-17(3)29-18/h3,5-15H2,1-2,4H3,(H2,22,23,25)/i4D3. The highest BCUT2D eigenvalue weighted by Crippen LogP contribution is 2.22. The molecule has 1 rings (SSSR count). The number of guanidine groups is 1. The normalized spacial score (nSPS) is 15.9. The van der Waals surface area contributed by atoms with Crippen LogP contribution in [0.15, 0.2) is 29.0 Å². The number of carbonyl (C=O) groups is 2. The number of hydrogen-bond acceptors (Lipinski definition) is 5. The van der Waals surface area contributed by atoms with Crippen molar-refractivity contribution in [3.05, 3.63) is 24.0 Å². The van der Waals surface area contributed by atoms with Gasteiger partial charge in [0, 0.05) is 17.5 Å². The molecule has 0 unspecified atom stereocenters. The number of amides is 1. The van der Waals surface area contributed by atoms with E-state index in [-0.39, 0.29) is 24.7 Å². The van der Waals surface area contributed by atoms with Crippen LogP contribution >= 0.6 is 0 Å². The molecule has 1 aliphatic rings. The van der Waals surface area contributed by atoms with Gasteiger partial charge in [0.15, 0.2) is 18.3 Å². The zero-order valence-corrected chi connectivity index (χ0v) is 17.5. The Morgan fingerprint density at radius 1 is 1.17 bits per heavy atom. The van der Waals surface area contributed by atoms with Crippen LogP contribution in [0.5, 0.6) is 0 Å². The molecule has 0 saturated heterocycles.